The van der Waals surface area contributed by atoms with Crippen LogP contribution >= 0.6 is 0 Å². The third-order valence-corrected chi connectivity index (χ3v) is 5.70. The lowest BCUT2D eigenvalue weighted by Crippen LogP contribution is -2.27. The molecule has 0 radical (unpaired) electrons. The molecule has 2 heterocycles. The van der Waals surface area contributed by atoms with Crippen molar-refractivity contribution >= 4 is 9.84 Å². The van der Waals surface area contributed by atoms with Crippen molar-refractivity contribution in [2.45, 2.75) is 30.1 Å². The lowest BCUT2D eigenvalue weighted by Gasteiger charge is -2.24. The van der Waals surface area contributed by atoms with Crippen molar-refractivity contribution in [3.8, 4) is 0 Å². The van der Waals surface area contributed by atoms with Gasteiger partial charge in [0.15, 0.2) is 9.84 Å². The van der Waals surface area contributed by atoms with Crippen LogP contribution in [0, 0.1) is 0 Å². The number of sulfone groups is 1. The Morgan fingerprint density at radius 3 is 2.71 bits per heavy atom. The van der Waals surface area contributed by atoms with E-state index in [2.05, 4.69) is 11.4 Å². The Bertz CT molecular complexity index is 530. The van der Waals surface area contributed by atoms with Gasteiger partial charge in [-0.1, -0.05) is 12.1 Å². The van der Waals surface area contributed by atoms with Crippen molar-refractivity contribution in [2.75, 3.05) is 18.8 Å². The molecule has 0 bridgehead atoms. The van der Waals surface area contributed by atoms with Crippen LogP contribution in [0.4, 0.5) is 0 Å². The molecule has 3 rings (SSSR count). The van der Waals surface area contributed by atoms with E-state index in [-0.39, 0.29) is 0 Å². The van der Waals surface area contributed by atoms with E-state index in [9.17, 15) is 8.42 Å². The Labute approximate surface area is 102 Å². The quantitative estimate of drug-likeness (QED) is 0.822. The van der Waals surface area contributed by atoms with Gasteiger partial charge in [0.2, 0.25) is 0 Å². The smallest absolute Gasteiger partial charge is 0.178 e. The molecule has 0 amide bonds. The SMILES string of the molecule is O=S1(=O)CCc2c(C3CCNCC3)cccc21. The van der Waals surface area contributed by atoms with Gasteiger partial charge in [0, 0.05) is 0 Å². The highest BCUT2D eigenvalue weighted by Gasteiger charge is 2.30. The second-order valence-electron chi connectivity index (χ2n) is 4.92. The summed E-state index contributed by atoms with van der Waals surface area (Å²) in [5.74, 6) is 0.837. The number of rotatable bonds is 1. The molecular weight excluding hydrogens is 234 g/mol. The molecular formula is C13H17NO2S. The van der Waals surface area contributed by atoms with Crippen molar-refractivity contribution in [2.24, 2.45) is 0 Å². The Kier molecular flexibility index (Phi) is 2.71. The fourth-order valence-electron chi connectivity index (χ4n) is 3.00. The maximum atomic E-state index is 11.9. The third-order valence-electron chi connectivity index (χ3n) is 3.90. The van der Waals surface area contributed by atoms with Gasteiger partial charge in [-0.15, -0.1) is 0 Å². The van der Waals surface area contributed by atoms with E-state index in [1.165, 1.54) is 5.56 Å². The average Bonchev–Trinajstić information content (AvgIpc) is 2.67. The molecule has 92 valence electrons. The maximum absolute atomic E-state index is 11.9. The minimum atomic E-state index is -2.98. The van der Waals surface area contributed by atoms with Gasteiger partial charge in [-0.25, -0.2) is 8.42 Å². The predicted octanol–water partition coefficient (Wildman–Crippen LogP) is 1.48. The summed E-state index contributed by atoms with van der Waals surface area (Å²) in [6, 6.07) is 5.79. The van der Waals surface area contributed by atoms with Gasteiger partial charge in [0.1, 0.15) is 0 Å². The summed E-state index contributed by atoms with van der Waals surface area (Å²) in [6.07, 6.45) is 2.95. The number of benzene rings is 1. The van der Waals surface area contributed by atoms with E-state index in [1.54, 1.807) is 6.07 Å². The molecule has 1 saturated heterocycles. The number of piperidine rings is 1. The minimum Gasteiger partial charge on any atom is -0.317 e. The molecule has 2 aliphatic rings. The van der Waals surface area contributed by atoms with Crippen molar-refractivity contribution in [1.82, 2.24) is 5.32 Å². The maximum Gasteiger partial charge on any atom is 0.178 e. The topological polar surface area (TPSA) is 46.2 Å². The molecule has 1 fully saturated rings. The van der Waals surface area contributed by atoms with Crippen LogP contribution in [-0.4, -0.2) is 27.3 Å². The van der Waals surface area contributed by atoms with Gasteiger partial charge in [0.05, 0.1) is 10.6 Å². The zero-order valence-corrected chi connectivity index (χ0v) is 10.6. The van der Waals surface area contributed by atoms with Crippen molar-refractivity contribution < 1.29 is 8.42 Å². The first-order valence-electron chi connectivity index (χ1n) is 6.24. The van der Waals surface area contributed by atoms with E-state index in [1.807, 2.05) is 6.07 Å². The predicted molar refractivity (Wildman–Crippen MR) is 67.0 cm³/mol. The molecule has 1 N–H and O–H groups in total. The molecule has 0 atom stereocenters. The molecule has 0 unspecified atom stereocenters. The van der Waals surface area contributed by atoms with E-state index < -0.39 is 9.84 Å². The van der Waals surface area contributed by atoms with Crippen LogP contribution < -0.4 is 5.32 Å². The van der Waals surface area contributed by atoms with Gasteiger partial charge in [-0.3, -0.25) is 0 Å². The highest BCUT2D eigenvalue weighted by molar-refractivity contribution is 7.91. The molecule has 2 aliphatic heterocycles. The minimum absolute atomic E-state index is 0.296. The van der Waals surface area contributed by atoms with Gasteiger partial charge in [-0.2, -0.15) is 0 Å². The molecule has 1 aromatic carbocycles. The monoisotopic (exact) mass is 251 g/mol. The van der Waals surface area contributed by atoms with Gasteiger partial charge < -0.3 is 5.32 Å². The summed E-state index contributed by atoms with van der Waals surface area (Å²) in [6.45, 7) is 2.09. The molecule has 3 nitrogen and oxygen atoms in total. The van der Waals surface area contributed by atoms with Crippen LogP contribution in [0.2, 0.25) is 0 Å². The van der Waals surface area contributed by atoms with Crippen LogP contribution in [0.5, 0.6) is 0 Å². The number of fused-ring (bicyclic) bond motifs is 1. The molecule has 1 aromatic rings. The summed E-state index contributed by atoms with van der Waals surface area (Å²) in [7, 11) is -2.98. The Balaban J connectivity index is 2.05. The summed E-state index contributed by atoms with van der Waals surface area (Å²) in [5, 5.41) is 3.35. The summed E-state index contributed by atoms with van der Waals surface area (Å²) in [4.78, 5) is 0.591. The van der Waals surface area contributed by atoms with Crippen LogP contribution in [0.15, 0.2) is 23.1 Å². The third kappa shape index (κ3) is 1.89. The van der Waals surface area contributed by atoms with Gasteiger partial charge in [-0.05, 0) is 55.5 Å². The van der Waals surface area contributed by atoms with Crippen LogP contribution in [0.25, 0.3) is 0 Å². The lowest BCUT2D eigenvalue weighted by molar-refractivity contribution is 0.458. The first-order chi connectivity index (χ1) is 8.18. The van der Waals surface area contributed by atoms with E-state index in [0.717, 1.165) is 31.5 Å². The molecule has 0 aliphatic carbocycles. The number of nitrogens with one attached hydrogen (secondary N) is 1. The van der Waals surface area contributed by atoms with Crippen molar-refractivity contribution in [3.05, 3.63) is 29.3 Å². The first kappa shape index (κ1) is 11.2. The molecule has 0 spiro atoms. The second-order valence-corrected chi connectivity index (χ2v) is 6.99. The largest absolute Gasteiger partial charge is 0.317 e. The van der Waals surface area contributed by atoms with Gasteiger partial charge >= 0.3 is 0 Å². The Morgan fingerprint density at radius 1 is 1.18 bits per heavy atom. The van der Waals surface area contributed by atoms with Gasteiger partial charge in [0.25, 0.3) is 0 Å². The zero-order chi connectivity index (χ0) is 11.9. The average molecular weight is 251 g/mol. The highest BCUT2D eigenvalue weighted by atomic mass is 32.2. The van der Waals surface area contributed by atoms with E-state index in [4.69, 9.17) is 0 Å². The van der Waals surface area contributed by atoms with Crippen molar-refractivity contribution in [3.63, 3.8) is 0 Å². The summed E-state index contributed by atoms with van der Waals surface area (Å²) >= 11 is 0. The molecule has 0 aromatic heterocycles. The van der Waals surface area contributed by atoms with Crippen LogP contribution in [0.3, 0.4) is 0 Å². The Hall–Kier alpha value is -0.870. The fraction of sp³-hybridized carbons (Fsp3) is 0.538. The molecule has 17 heavy (non-hydrogen) atoms. The Morgan fingerprint density at radius 2 is 1.94 bits per heavy atom. The fourth-order valence-corrected chi connectivity index (χ4v) is 4.58. The standard InChI is InChI=1S/C13H17NO2S/c15-17(16)9-6-12-11(2-1-3-13(12)17)10-4-7-14-8-5-10/h1-3,10,14H,4-9H2. The zero-order valence-electron chi connectivity index (χ0n) is 9.78. The lowest BCUT2D eigenvalue weighted by atomic mass is 9.86. The van der Waals surface area contributed by atoms with E-state index >= 15 is 0 Å². The summed E-state index contributed by atoms with van der Waals surface area (Å²) < 4.78 is 23.8. The molecule has 0 saturated carbocycles. The number of hydrogen-bond acceptors (Lipinski definition) is 3. The highest BCUT2D eigenvalue weighted by Crippen LogP contribution is 2.35. The molecule has 4 heteroatoms. The van der Waals surface area contributed by atoms with Crippen LogP contribution in [-0.2, 0) is 16.3 Å². The normalized spacial score (nSPS) is 23.5. The van der Waals surface area contributed by atoms with Crippen molar-refractivity contribution in [1.29, 1.82) is 0 Å². The van der Waals surface area contributed by atoms with Crippen LogP contribution in [0.1, 0.15) is 29.9 Å². The van der Waals surface area contributed by atoms with E-state index in [0.29, 0.717) is 23.0 Å². The number of hydrogen-bond donors (Lipinski definition) is 1. The second kappa shape index (κ2) is 4.10. The summed E-state index contributed by atoms with van der Waals surface area (Å²) in [5.41, 5.74) is 2.38. The first-order valence-corrected chi connectivity index (χ1v) is 7.89.